The molecule has 0 amide bonds. The number of nitrogens with one attached hydrogen (secondary N) is 1. The molecule has 0 unspecified atom stereocenters. The first-order chi connectivity index (χ1) is 11.7. The number of nitriles is 1. The second-order valence-electron chi connectivity index (χ2n) is 6.02. The summed E-state index contributed by atoms with van der Waals surface area (Å²) < 4.78 is 5.17. The molecule has 1 saturated carbocycles. The number of nitrogens with zero attached hydrogens (tertiary/aromatic N) is 3. The molecule has 1 aliphatic rings. The molecular formula is C18H20N4O2. The normalized spacial score (nSPS) is 20.5. The minimum atomic E-state index is -0.231. The van der Waals surface area contributed by atoms with Crippen molar-refractivity contribution in [2.24, 2.45) is 5.92 Å². The summed E-state index contributed by atoms with van der Waals surface area (Å²) in [5.74, 6) is 0.653. The first-order valence-corrected chi connectivity index (χ1v) is 7.99. The topological polar surface area (TPSA) is 91.1 Å². The van der Waals surface area contributed by atoms with E-state index in [9.17, 15) is 10.4 Å². The molecule has 0 radical (unpaired) electrons. The fourth-order valence-electron chi connectivity index (χ4n) is 3.06. The molecule has 0 bridgehead atoms. The van der Waals surface area contributed by atoms with Gasteiger partial charge in [0.05, 0.1) is 18.9 Å². The lowest BCUT2D eigenvalue weighted by molar-refractivity contribution is 0.0341. The highest BCUT2D eigenvalue weighted by atomic mass is 16.5. The van der Waals surface area contributed by atoms with E-state index >= 15 is 0 Å². The lowest BCUT2D eigenvalue weighted by Crippen LogP contribution is -2.42. The van der Waals surface area contributed by atoms with Crippen LogP contribution in [0.4, 0.5) is 5.69 Å². The number of aliphatic hydroxyl groups excluding tert-OH is 1. The molecule has 1 fully saturated rings. The highest BCUT2D eigenvalue weighted by molar-refractivity contribution is 5.61. The first kappa shape index (κ1) is 16.2. The van der Waals surface area contributed by atoms with Crippen LogP contribution in [0.3, 0.4) is 0 Å². The molecule has 0 saturated heterocycles. The second kappa shape index (κ2) is 7.28. The van der Waals surface area contributed by atoms with Crippen molar-refractivity contribution in [3.8, 4) is 11.9 Å². The summed E-state index contributed by atoms with van der Waals surface area (Å²) >= 11 is 0. The molecule has 1 aliphatic carbocycles. The highest BCUT2D eigenvalue weighted by Gasteiger charge is 2.34. The summed E-state index contributed by atoms with van der Waals surface area (Å²) in [7, 11) is 1.50. The Labute approximate surface area is 141 Å². The molecule has 2 N–H and O–H groups in total. The number of anilines is 1. The zero-order valence-electron chi connectivity index (χ0n) is 13.5. The van der Waals surface area contributed by atoms with E-state index in [0.29, 0.717) is 23.0 Å². The Balaban J connectivity index is 1.83. The molecular weight excluding hydrogens is 304 g/mol. The smallest absolute Gasteiger partial charge is 0.233 e. The van der Waals surface area contributed by atoms with Gasteiger partial charge in [0, 0.05) is 30.6 Å². The van der Waals surface area contributed by atoms with Gasteiger partial charge in [-0.15, -0.1) is 0 Å². The Morgan fingerprint density at radius 1 is 1.33 bits per heavy atom. The molecule has 0 spiro atoms. The summed E-state index contributed by atoms with van der Waals surface area (Å²) in [6.45, 7) is 0. The third-order valence-electron chi connectivity index (χ3n) is 4.44. The highest BCUT2D eigenvalue weighted by Crippen LogP contribution is 2.34. The van der Waals surface area contributed by atoms with Crippen molar-refractivity contribution >= 4 is 5.69 Å². The van der Waals surface area contributed by atoms with Crippen LogP contribution in [-0.2, 0) is 6.42 Å². The molecule has 2 heterocycles. The van der Waals surface area contributed by atoms with Gasteiger partial charge in [-0.05, 0) is 37.0 Å². The fourth-order valence-corrected chi connectivity index (χ4v) is 3.06. The van der Waals surface area contributed by atoms with Crippen LogP contribution in [0, 0.1) is 17.2 Å². The van der Waals surface area contributed by atoms with Crippen LogP contribution in [0.5, 0.6) is 5.88 Å². The maximum atomic E-state index is 9.66. The average Bonchev–Trinajstić information content (AvgIpc) is 2.59. The summed E-state index contributed by atoms with van der Waals surface area (Å²) in [6, 6.07) is 9.86. The van der Waals surface area contributed by atoms with E-state index in [4.69, 9.17) is 4.74 Å². The standard InChI is InChI=1S/C18H20N4O2/c1-24-18-15(11-19)16(5-7-21-18)22-17(12-8-14(23)9-12)10-13-4-2-3-6-20-13/h2-7,12,14,17,23H,8-10H2,1H3,(H,21,22)/t12?,14?,17-/m1/s1. The summed E-state index contributed by atoms with van der Waals surface area (Å²) in [6.07, 6.45) is 5.41. The Hall–Kier alpha value is -2.65. The van der Waals surface area contributed by atoms with Crippen molar-refractivity contribution in [1.29, 1.82) is 5.26 Å². The molecule has 0 aromatic carbocycles. The quantitative estimate of drug-likeness (QED) is 0.846. The Morgan fingerprint density at radius 2 is 2.17 bits per heavy atom. The van der Waals surface area contributed by atoms with Crippen molar-refractivity contribution in [2.45, 2.75) is 31.4 Å². The number of pyridine rings is 2. The molecule has 2 aromatic heterocycles. The molecule has 124 valence electrons. The zero-order valence-corrected chi connectivity index (χ0v) is 13.5. The summed E-state index contributed by atoms with van der Waals surface area (Å²) in [5.41, 5.74) is 2.08. The van der Waals surface area contributed by atoms with Gasteiger partial charge in [-0.2, -0.15) is 5.26 Å². The van der Waals surface area contributed by atoms with Gasteiger partial charge in [0.1, 0.15) is 11.6 Å². The summed E-state index contributed by atoms with van der Waals surface area (Å²) in [5, 5.41) is 22.5. The number of methoxy groups -OCH3 is 1. The minimum Gasteiger partial charge on any atom is -0.480 e. The third kappa shape index (κ3) is 3.47. The van der Waals surface area contributed by atoms with E-state index in [1.807, 2.05) is 18.2 Å². The van der Waals surface area contributed by atoms with E-state index < -0.39 is 0 Å². The van der Waals surface area contributed by atoms with Gasteiger partial charge in [-0.25, -0.2) is 4.98 Å². The van der Waals surface area contributed by atoms with Gasteiger partial charge in [-0.1, -0.05) is 6.07 Å². The number of hydrogen-bond donors (Lipinski definition) is 2. The average molecular weight is 324 g/mol. The largest absolute Gasteiger partial charge is 0.480 e. The molecule has 1 atom stereocenters. The predicted octanol–water partition coefficient (Wildman–Crippen LogP) is 2.15. The summed E-state index contributed by atoms with van der Waals surface area (Å²) in [4.78, 5) is 8.47. The number of aliphatic hydroxyl groups is 1. The SMILES string of the molecule is COc1nccc(N[C@H](Cc2ccccn2)C2CC(O)C2)c1C#N. The van der Waals surface area contributed by atoms with Gasteiger partial charge in [0.15, 0.2) is 0 Å². The Bertz CT molecular complexity index is 724. The van der Waals surface area contributed by atoms with E-state index in [-0.39, 0.29) is 12.1 Å². The number of aromatic nitrogens is 2. The minimum absolute atomic E-state index is 0.0857. The predicted molar refractivity (Wildman–Crippen MR) is 89.6 cm³/mol. The van der Waals surface area contributed by atoms with Crippen molar-refractivity contribution in [3.05, 3.63) is 47.9 Å². The Morgan fingerprint density at radius 3 is 2.79 bits per heavy atom. The molecule has 2 aromatic rings. The van der Waals surface area contributed by atoms with Crippen LogP contribution in [-0.4, -0.2) is 34.3 Å². The van der Waals surface area contributed by atoms with Gasteiger partial charge in [0.2, 0.25) is 5.88 Å². The number of ether oxygens (including phenoxy) is 1. The van der Waals surface area contributed by atoms with Gasteiger partial charge < -0.3 is 15.2 Å². The van der Waals surface area contributed by atoms with Crippen molar-refractivity contribution in [3.63, 3.8) is 0 Å². The van der Waals surface area contributed by atoms with E-state index in [1.54, 1.807) is 18.5 Å². The van der Waals surface area contributed by atoms with Crippen molar-refractivity contribution < 1.29 is 9.84 Å². The molecule has 6 heteroatoms. The molecule has 24 heavy (non-hydrogen) atoms. The first-order valence-electron chi connectivity index (χ1n) is 7.99. The maximum Gasteiger partial charge on any atom is 0.233 e. The lowest BCUT2D eigenvalue weighted by atomic mass is 9.75. The van der Waals surface area contributed by atoms with Crippen LogP contribution < -0.4 is 10.1 Å². The second-order valence-corrected chi connectivity index (χ2v) is 6.02. The van der Waals surface area contributed by atoms with E-state index in [1.165, 1.54) is 7.11 Å². The van der Waals surface area contributed by atoms with Crippen LogP contribution in [0.15, 0.2) is 36.7 Å². The number of hydrogen-bond acceptors (Lipinski definition) is 6. The van der Waals surface area contributed by atoms with E-state index in [0.717, 1.165) is 25.0 Å². The monoisotopic (exact) mass is 324 g/mol. The van der Waals surface area contributed by atoms with Crippen LogP contribution in [0.2, 0.25) is 0 Å². The third-order valence-corrected chi connectivity index (χ3v) is 4.44. The van der Waals surface area contributed by atoms with Gasteiger partial charge in [-0.3, -0.25) is 4.98 Å². The van der Waals surface area contributed by atoms with Crippen molar-refractivity contribution in [2.75, 3.05) is 12.4 Å². The van der Waals surface area contributed by atoms with E-state index in [2.05, 4.69) is 21.4 Å². The molecule has 3 rings (SSSR count). The fraction of sp³-hybridized carbons (Fsp3) is 0.389. The number of rotatable bonds is 6. The van der Waals surface area contributed by atoms with Crippen LogP contribution in [0.25, 0.3) is 0 Å². The van der Waals surface area contributed by atoms with Gasteiger partial charge >= 0.3 is 0 Å². The Kier molecular flexibility index (Phi) is 4.92. The van der Waals surface area contributed by atoms with Crippen molar-refractivity contribution in [1.82, 2.24) is 9.97 Å². The van der Waals surface area contributed by atoms with Crippen LogP contribution >= 0.6 is 0 Å². The molecule has 0 aliphatic heterocycles. The zero-order chi connectivity index (χ0) is 16.9. The lowest BCUT2D eigenvalue weighted by Gasteiger charge is -2.38. The van der Waals surface area contributed by atoms with Gasteiger partial charge in [0.25, 0.3) is 0 Å². The maximum absolute atomic E-state index is 9.66. The van der Waals surface area contributed by atoms with Crippen LogP contribution in [0.1, 0.15) is 24.1 Å². The molecule has 6 nitrogen and oxygen atoms in total.